The SMILES string of the molecule is Cc1noc(C)c1-c1ccc(NCCCS(C)(=O)=O)c(N)c1. The van der Waals surface area contributed by atoms with Crippen LogP contribution in [0.1, 0.15) is 17.9 Å². The fourth-order valence-electron chi connectivity index (χ4n) is 2.33. The fraction of sp³-hybridized carbons (Fsp3) is 0.400. The van der Waals surface area contributed by atoms with Gasteiger partial charge in [0, 0.05) is 18.4 Å². The first-order chi connectivity index (χ1) is 10.3. The Hall–Kier alpha value is -2.02. The molecule has 0 aliphatic rings. The monoisotopic (exact) mass is 323 g/mol. The molecule has 0 atom stereocenters. The fourth-order valence-corrected chi connectivity index (χ4v) is 3.00. The number of benzene rings is 1. The van der Waals surface area contributed by atoms with Gasteiger partial charge in [0.05, 0.1) is 22.8 Å². The van der Waals surface area contributed by atoms with Gasteiger partial charge in [0.15, 0.2) is 0 Å². The van der Waals surface area contributed by atoms with E-state index in [0.29, 0.717) is 18.7 Å². The van der Waals surface area contributed by atoms with E-state index in [9.17, 15) is 8.42 Å². The van der Waals surface area contributed by atoms with E-state index in [4.69, 9.17) is 10.3 Å². The van der Waals surface area contributed by atoms with Gasteiger partial charge in [-0.25, -0.2) is 8.42 Å². The number of nitrogens with zero attached hydrogens (tertiary/aromatic N) is 1. The molecule has 6 nitrogen and oxygen atoms in total. The van der Waals surface area contributed by atoms with Crippen molar-refractivity contribution in [3.05, 3.63) is 29.7 Å². The maximum absolute atomic E-state index is 11.1. The van der Waals surface area contributed by atoms with Gasteiger partial charge in [0.2, 0.25) is 0 Å². The number of anilines is 2. The highest BCUT2D eigenvalue weighted by atomic mass is 32.2. The Morgan fingerprint density at radius 1 is 1.32 bits per heavy atom. The lowest BCUT2D eigenvalue weighted by Crippen LogP contribution is -2.10. The highest BCUT2D eigenvalue weighted by Gasteiger charge is 2.12. The van der Waals surface area contributed by atoms with Crippen LogP contribution < -0.4 is 11.1 Å². The lowest BCUT2D eigenvalue weighted by Gasteiger charge is -2.11. The minimum Gasteiger partial charge on any atom is -0.397 e. The molecule has 1 heterocycles. The Kier molecular flexibility index (Phi) is 4.75. The van der Waals surface area contributed by atoms with Crippen LogP contribution in [0.4, 0.5) is 11.4 Å². The van der Waals surface area contributed by atoms with Crippen molar-refractivity contribution in [2.45, 2.75) is 20.3 Å². The van der Waals surface area contributed by atoms with Gasteiger partial charge in [-0.1, -0.05) is 11.2 Å². The number of hydrogen-bond acceptors (Lipinski definition) is 6. The summed E-state index contributed by atoms with van der Waals surface area (Å²) in [4.78, 5) is 0. The second-order valence-electron chi connectivity index (χ2n) is 5.41. The van der Waals surface area contributed by atoms with Crippen LogP contribution in [-0.4, -0.2) is 32.1 Å². The third-order valence-electron chi connectivity index (χ3n) is 3.38. The molecule has 0 fully saturated rings. The number of aryl methyl sites for hydroxylation is 2. The zero-order chi connectivity index (χ0) is 16.3. The Morgan fingerprint density at radius 3 is 2.59 bits per heavy atom. The molecule has 0 bridgehead atoms. The maximum Gasteiger partial charge on any atom is 0.147 e. The summed E-state index contributed by atoms with van der Waals surface area (Å²) in [5, 5.41) is 7.10. The van der Waals surface area contributed by atoms with E-state index in [1.54, 1.807) is 0 Å². The van der Waals surface area contributed by atoms with E-state index >= 15 is 0 Å². The Morgan fingerprint density at radius 2 is 2.05 bits per heavy atom. The minimum absolute atomic E-state index is 0.164. The number of hydrogen-bond donors (Lipinski definition) is 2. The predicted octanol–water partition coefficient (Wildman–Crippen LogP) is 2.39. The normalized spacial score (nSPS) is 11.6. The number of aromatic nitrogens is 1. The third kappa shape index (κ3) is 4.00. The van der Waals surface area contributed by atoms with E-state index in [-0.39, 0.29) is 5.75 Å². The Labute approximate surface area is 130 Å². The maximum atomic E-state index is 11.1. The first-order valence-electron chi connectivity index (χ1n) is 7.02. The molecule has 1 aromatic carbocycles. The van der Waals surface area contributed by atoms with Crippen LogP contribution in [0.3, 0.4) is 0 Å². The molecule has 0 saturated heterocycles. The van der Waals surface area contributed by atoms with Gasteiger partial charge in [0.25, 0.3) is 0 Å². The van der Waals surface area contributed by atoms with E-state index < -0.39 is 9.84 Å². The van der Waals surface area contributed by atoms with Crippen LogP contribution in [0.2, 0.25) is 0 Å². The third-order valence-corrected chi connectivity index (χ3v) is 4.41. The molecule has 7 heteroatoms. The van der Waals surface area contributed by atoms with Crippen LogP contribution in [0, 0.1) is 13.8 Å². The smallest absolute Gasteiger partial charge is 0.147 e. The van der Waals surface area contributed by atoms with E-state index in [1.165, 1.54) is 6.26 Å². The van der Waals surface area contributed by atoms with Crippen molar-refractivity contribution in [1.82, 2.24) is 5.16 Å². The van der Waals surface area contributed by atoms with Gasteiger partial charge in [-0.05, 0) is 38.0 Å². The largest absolute Gasteiger partial charge is 0.397 e. The summed E-state index contributed by atoms with van der Waals surface area (Å²) in [7, 11) is -2.92. The molecule has 0 aliphatic carbocycles. The topological polar surface area (TPSA) is 98.2 Å². The van der Waals surface area contributed by atoms with Gasteiger partial charge in [-0.15, -0.1) is 0 Å². The number of nitrogens with one attached hydrogen (secondary N) is 1. The second kappa shape index (κ2) is 6.39. The molecule has 0 amide bonds. The molecule has 22 heavy (non-hydrogen) atoms. The minimum atomic E-state index is -2.92. The molecule has 0 radical (unpaired) electrons. The molecule has 3 N–H and O–H groups in total. The van der Waals surface area contributed by atoms with Crippen molar-refractivity contribution in [2.24, 2.45) is 0 Å². The molecule has 1 aromatic heterocycles. The zero-order valence-corrected chi connectivity index (χ0v) is 13.8. The van der Waals surface area contributed by atoms with Gasteiger partial charge in [-0.2, -0.15) is 0 Å². The van der Waals surface area contributed by atoms with Crippen molar-refractivity contribution in [2.75, 3.05) is 29.6 Å². The van der Waals surface area contributed by atoms with E-state index in [2.05, 4.69) is 10.5 Å². The van der Waals surface area contributed by atoms with Crippen molar-refractivity contribution < 1.29 is 12.9 Å². The molecule has 0 spiro atoms. The number of nitrogen functional groups attached to an aromatic ring is 1. The highest BCUT2D eigenvalue weighted by molar-refractivity contribution is 7.90. The Balaban J connectivity index is 2.07. The Bertz CT molecular complexity index is 747. The van der Waals surface area contributed by atoms with E-state index in [0.717, 1.165) is 28.3 Å². The zero-order valence-electron chi connectivity index (χ0n) is 13.0. The summed E-state index contributed by atoms with van der Waals surface area (Å²) in [6, 6.07) is 5.70. The summed E-state index contributed by atoms with van der Waals surface area (Å²) < 4.78 is 27.3. The van der Waals surface area contributed by atoms with Crippen LogP contribution in [-0.2, 0) is 9.84 Å². The van der Waals surface area contributed by atoms with Gasteiger partial charge >= 0.3 is 0 Å². The first-order valence-corrected chi connectivity index (χ1v) is 9.08. The number of rotatable bonds is 6. The standard InChI is InChI=1S/C15H21N3O3S/c1-10-15(11(2)21-18-10)12-5-6-14(13(16)9-12)17-7-4-8-22(3,19)20/h5-6,9,17H,4,7-8,16H2,1-3H3. The van der Waals surface area contributed by atoms with Gasteiger partial charge < -0.3 is 15.6 Å². The molecule has 2 rings (SSSR count). The molecule has 2 aromatic rings. The predicted molar refractivity (Wildman–Crippen MR) is 88.6 cm³/mol. The van der Waals surface area contributed by atoms with E-state index in [1.807, 2.05) is 32.0 Å². The van der Waals surface area contributed by atoms with Gasteiger partial charge in [-0.3, -0.25) is 0 Å². The first kappa shape index (κ1) is 16.4. The average molecular weight is 323 g/mol. The summed E-state index contributed by atoms with van der Waals surface area (Å²) >= 11 is 0. The highest BCUT2D eigenvalue weighted by Crippen LogP contribution is 2.31. The summed E-state index contributed by atoms with van der Waals surface area (Å²) in [6.07, 6.45) is 1.78. The summed E-state index contributed by atoms with van der Waals surface area (Å²) in [5.74, 6) is 0.919. The molecule has 0 unspecified atom stereocenters. The van der Waals surface area contributed by atoms with Crippen LogP contribution in [0.25, 0.3) is 11.1 Å². The van der Waals surface area contributed by atoms with Crippen molar-refractivity contribution in [1.29, 1.82) is 0 Å². The molecular weight excluding hydrogens is 302 g/mol. The van der Waals surface area contributed by atoms with Crippen molar-refractivity contribution in [3.8, 4) is 11.1 Å². The quantitative estimate of drug-likeness (QED) is 0.625. The molecule has 0 aliphatic heterocycles. The van der Waals surface area contributed by atoms with Crippen LogP contribution in [0.5, 0.6) is 0 Å². The molecule has 120 valence electrons. The molecule has 0 saturated carbocycles. The average Bonchev–Trinajstić information content (AvgIpc) is 2.74. The van der Waals surface area contributed by atoms with Crippen LogP contribution in [0.15, 0.2) is 22.7 Å². The second-order valence-corrected chi connectivity index (χ2v) is 7.67. The van der Waals surface area contributed by atoms with Crippen molar-refractivity contribution in [3.63, 3.8) is 0 Å². The lowest BCUT2D eigenvalue weighted by atomic mass is 10.0. The molecular formula is C15H21N3O3S. The van der Waals surface area contributed by atoms with Crippen molar-refractivity contribution >= 4 is 21.2 Å². The summed E-state index contributed by atoms with van der Waals surface area (Å²) in [5.41, 5.74) is 10.2. The summed E-state index contributed by atoms with van der Waals surface area (Å²) in [6.45, 7) is 4.31. The number of nitrogens with two attached hydrogens (primary N) is 1. The van der Waals surface area contributed by atoms with Crippen LogP contribution >= 0.6 is 0 Å². The number of sulfone groups is 1. The van der Waals surface area contributed by atoms with Gasteiger partial charge in [0.1, 0.15) is 15.6 Å². The lowest BCUT2D eigenvalue weighted by molar-refractivity contribution is 0.393.